The standard InChI is InChI=1S/C39H60N4O9/c1-24(2)28(18-27-13-14-32(49-9)34(19-27)50-17-11-16-48-8)20-31-33(21-30(25(3)4)35(44)42-23-39(6,7)37(40)45)52-36(43(31)38(46)47)26(5)51-29-12-10-15-41-22-29/h10,12-15,19,22,24-26,28,30-31,33,36H,11,16-18,20-21,23H2,1-9H3,(H2,40,45)(H,42,44)(H,46,47)/t26?,28-,30-,31-,33-,36?/m0/s1. The molecule has 52 heavy (non-hydrogen) atoms. The summed E-state index contributed by atoms with van der Waals surface area (Å²) in [7, 11) is 3.26. The quantitative estimate of drug-likeness (QED) is 0.139. The second-order valence-corrected chi connectivity index (χ2v) is 15.0. The number of pyridine rings is 1. The highest BCUT2D eigenvalue weighted by atomic mass is 16.6. The zero-order valence-corrected chi connectivity index (χ0v) is 32.3. The molecule has 13 heteroatoms. The molecule has 2 unspecified atom stereocenters. The number of carbonyl (C=O) groups excluding carboxylic acids is 2. The molecule has 0 bridgehead atoms. The first-order valence-corrected chi connectivity index (χ1v) is 18.2. The van der Waals surface area contributed by atoms with Gasteiger partial charge >= 0.3 is 6.09 Å². The van der Waals surface area contributed by atoms with Crippen molar-refractivity contribution in [1.82, 2.24) is 15.2 Å². The number of benzene rings is 1. The Morgan fingerprint density at radius 1 is 1.04 bits per heavy atom. The summed E-state index contributed by atoms with van der Waals surface area (Å²) >= 11 is 0. The molecule has 0 saturated carbocycles. The van der Waals surface area contributed by atoms with Crippen LogP contribution in [0.3, 0.4) is 0 Å². The number of aromatic nitrogens is 1. The summed E-state index contributed by atoms with van der Waals surface area (Å²) in [6.07, 6.45) is 1.92. The van der Waals surface area contributed by atoms with E-state index < -0.39 is 47.8 Å². The highest BCUT2D eigenvalue weighted by Crippen LogP contribution is 2.39. The maximum atomic E-state index is 13.7. The molecule has 290 valence electrons. The summed E-state index contributed by atoms with van der Waals surface area (Å²) in [5, 5.41) is 13.7. The second kappa shape index (κ2) is 19.7. The van der Waals surface area contributed by atoms with Crippen LogP contribution in [0.4, 0.5) is 4.79 Å². The SMILES string of the molecule is COCCCOc1cc(C[C@@H](C[C@H]2[C@H](C[C@H](C(=O)NCC(C)(C)C(N)=O)C(C)C)OC(C(C)Oc3cccnc3)N2C(=O)O)C(C)C)ccc1OC. The van der Waals surface area contributed by atoms with Gasteiger partial charge in [0.15, 0.2) is 17.7 Å². The molecule has 1 aliphatic rings. The molecule has 13 nitrogen and oxygen atoms in total. The maximum absolute atomic E-state index is 13.7. The fraction of sp³-hybridized carbons (Fsp3) is 0.641. The van der Waals surface area contributed by atoms with Gasteiger partial charge in [0, 0.05) is 38.8 Å². The monoisotopic (exact) mass is 728 g/mol. The molecule has 1 aliphatic heterocycles. The van der Waals surface area contributed by atoms with Crippen LogP contribution in [0.15, 0.2) is 42.7 Å². The lowest BCUT2D eigenvalue weighted by Crippen LogP contribution is -2.49. The van der Waals surface area contributed by atoms with E-state index in [1.54, 1.807) is 59.5 Å². The average Bonchev–Trinajstić information content (AvgIpc) is 3.46. The van der Waals surface area contributed by atoms with E-state index in [1.165, 1.54) is 4.90 Å². The van der Waals surface area contributed by atoms with Gasteiger partial charge in [-0.15, -0.1) is 0 Å². The Morgan fingerprint density at radius 3 is 2.35 bits per heavy atom. The number of primary amides is 1. The third-order valence-electron chi connectivity index (χ3n) is 9.92. The topological polar surface area (TPSA) is 172 Å². The lowest BCUT2D eigenvalue weighted by molar-refractivity contribution is -0.130. The van der Waals surface area contributed by atoms with Crippen molar-refractivity contribution in [3.8, 4) is 17.2 Å². The Bertz CT molecular complexity index is 1440. The Labute approximate surface area is 308 Å². The Kier molecular flexibility index (Phi) is 16.0. The second-order valence-electron chi connectivity index (χ2n) is 15.0. The first-order valence-electron chi connectivity index (χ1n) is 18.2. The third kappa shape index (κ3) is 11.7. The number of ether oxygens (including phenoxy) is 5. The van der Waals surface area contributed by atoms with Crippen molar-refractivity contribution in [2.24, 2.45) is 34.8 Å². The van der Waals surface area contributed by atoms with Gasteiger partial charge in [-0.3, -0.25) is 19.5 Å². The number of nitrogens with zero attached hydrogens (tertiary/aromatic N) is 2. The van der Waals surface area contributed by atoms with Crippen molar-refractivity contribution in [2.45, 2.75) is 98.6 Å². The molecule has 4 N–H and O–H groups in total. The smallest absolute Gasteiger partial charge is 0.409 e. The highest BCUT2D eigenvalue weighted by Gasteiger charge is 2.50. The van der Waals surface area contributed by atoms with Crippen LogP contribution >= 0.6 is 0 Å². The first kappa shape index (κ1) is 42.3. The summed E-state index contributed by atoms with van der Waals surface area (Å²) in [5.41, 5.74) is 5.65. The van der Waals surface area contributed by atoms with Crippen LogP contribution in [0.2, 0.25) is 0 Å². The molecule has 6 atom stereocenters. The van der Waals surface area contributed by atoms with Crippen LogP contribution in [0.5, 0.6) is 17.2 Å². The number of rotatable bonds is 21. The van der Waals surface area contributed by atoms with Crippen LogP contribution < -0.4 is 25.3 Å². The van der Waals surface area contributed by atoms with Crippen molar-refractivity contribution in [3.63, 3.8) is 0 Å². The lowest BCUT2D eigenvalue weighted by atomic mass is 9.80. The molecular formula is C39H60N4O9. The largest absolute Gasteiger partial charge is 0.493 e. The first-order chi connectivity index (χ1) is 24.6. The van der Waals surface area contributed by atoms with Crippen LogP contribution in [0.1, 0.15) is 73.3 Å². The highest BCUT2D eigenvalue weighted by molar-refractivity contribution is 5.83. The Balaban J connectivity index is 1.96. The molecule has 2 heterocycles. The van der Waals surface area contributed by atoms with E-state index in [0.29, 0.717) is 43.3 Å². The number of hydrogen-bond acceptors (Lipinski definition) is 9. The van der Waals surface area contributed by atoms with E-state index in [4.69, 9.17) is 29.4 Å². The number of amides is 3. The number of hydrogen-bond donors (Lipinski definition) is 3. The van der Waals surface area contributed by atoms with Gasteiger partial charge in [0.2, 0.25) is 11.8 Å². The Morgan fingerprint density at radius 2 is 1.77 bits per heavy atom. The van der Waals surface area contributed by atoms with E-state index >= 15 is 0 Å². The van der Waals surface area contributed by atoms with Gasteiger partial charge in [0.1, 0.15) is 11.9 Å². The van der Waals surface area contributed by atoms with E-state index in [-0.39, 0.29) is 36.6 Å². The molecule has 0 radical (unpaired) electrons. The molecule has 0 spiro atoms. The summed E-state index contributed by atoms with van der Waals surface area (Å²) in [4.78, 5) is 44.3. The van der Waals surface area contributed by atoms with Crippen molar-refractivity contribution < 1.29 is 43.2 Å². The molecule has 2 aromatic rings. The number of nitrogens with two attached hydrogens (primary N) is 1. The zero-order valence-electron chi connectivity index (χ0n) is 32.3. The van der Waals surface area contributed by atoms with Gasteiger partial charge in [-0.2, -0.15) is 0 Å². The van der Waals surface area contributed by atoms with Crippen molar-refractivity contribution in [2.75, 3.05) is 34.0 Å². The van der Waals surface area contributed by atoms with Crippen LogP contribution in [0, 0.1) is 29.1 Å². The molecule has 1 aromatic heterocycles. The lowest BCUT2D eigenvalue weighted by Gasteiger charge is -2.33. The minimum atomic E-state index is -1.13. The van der Waals surface area contributed by atoms with Gasteiger partial charge in [0.25, 0.3) is 0 Å². The molecular weight excluding hydrogens is 668 g/mol. The van der Waals surface area contributed by atoms with Crippen LogP contribution in [-0.4, -0.2) is 91.4 Å². The fourth-order valence-electron chi connectivity index (χ4n) is 6.47. The van der Waals surface area contributed by atoms with Crippen LogP contribution in [0.25, 0.3) is 0 Å². The zero-order chi connectivity index (χ0) is 38.6. The van der Waals surface area contributed by atoms with E-state index in [2.05, 4.69) is 24.1 Å². The van der Waals surface area contributed by atoms with Crippen molar-refractivity contribution >= 4 is 17.9 Å². The number of methoxy groups -OCH3 is 2. The van der Waals surface area contributed by atoms with Gasteiger partial charge in [-0.1, -0.05) is 33.8 Å². The number of carbonyl (C=O) groups is 3. The van der Waals surface area contributed by atoms with Gasteiger partial charge < -0.3 is 39.8 Å². The molecule has 1 aromatic carbocycles. The minimum absolute atomic E-state index is 0.0312. The fourth-order valence-corrected chi connectivity index (χ4v) is 6.47. The van der Waals surface area contributed by atoms with E-state index in [9.17, 15) is 19.5 Å². The number of nitrogens with one attached hydrogen (secondary N) is 1. The van der Waals surface area contributed by atoms with E-state index in [1.807, 2.05) is 32.0 Å². The third-order valence-corrected chi connectivity index (χ3v) is 9.92. The van der Waals surface area contributed by atoms with E-state index in [0.717, 1.165) is 12.0 Å². The van der Waals surface area contributed by atoms with Crippen molar-refractivity contribution in [1.29, 1.82) is 0 Å². The molecule has 1 fully saturated rings. The predicted molar refractivity (Wildman–Crippen MR) is 197 cm³/mol. The Hall–Kier alpha value is -4.10. The van der Waals surface area contributed by atoms with Crippen LogP contribution in [-0.2, 0) is 25.5 Å². The van der Waals surface area contributed by atoms with Gasteiger partial charge in [-0.25, -0.2) is 4.79 Å². The minimum Gasteiger partial charge on any atom is -0.493 e. The molecule has 3 rings (SSSR count). The van der Waals surface area contributed by atoms with Gasteiger partial charge in [-0.05, 0) is 87.6 Å². The summed E-state index contributed by atoms with van der Waals surface area (Å²) in [6, 6.07) is 8.79. The summed E-state index contributed by atoms with van der Waals surface area (Å²) < 4.78 is 29.6. The predicted octanol–water partition coefficient (Wildman–Crippen LogP) is 5.54. The summed E-state index contributed by atoms with van der Waals surface area (Å²) in [6.45, 7) is 14.4. The summed E-state index contributed by atoms with van der Waals surface area (Å²) in [5.74, 6) is 0.565. The normalized spacial score (nSPS) is 19.3. The average molecular weight is 729 g/mol. The van der Waals surface area contributed by atoms with Crippen molar-refractivity contribution in [3.05, 3.63) is 48.3 Å². The number of carboxylic acid groups (broad SMARTS) is 1. The molecule has 0 aliphatic carbocycles. The molecule has 1 saturated heterocycles. The molecule has 3 amide bonds. The van der Waals surface area contributed by atoms with Gasteiger partial charge in [0.05, 0.1) is 37.5 Å². The maximum Gasteiger partial charge on any atom is 0.409 e.